The van der Waals surface area contributed by atoms with Crippen LogP contribution in [0.5, 0.6) is 0 Å². The van der Waals surface area contributed by atoms with E-state index in [0.29, 0.717) is 5.92 Å². The Balaban J connectivity index is 3.73. The van der Waals surface area contributed by atoms with Gasteiger partial charge in [-0.3, -0.25) is 0 Å². The maximum atomic E-state index is 5.89. The molecule has 2 heteroatoms. The van der Waals surface area contributed by atoms with Gasteiger partial charge in [0.2, 0.25) is 0 Å². The van der Waals surface area contributed by atoms with Crippen molar-refractivity contribution in [2.45, 2.75) is 46.3 Å². The lowest BCUT2D eigenvalue weighted by Gasteiger charge is -2.27. The summed E-state index contributed by atoms with van der Waals surface area (Å²) in [5.41, 5.74) is 0.723. The second kappa shape index (κ2) is 4.26. The Morgan fingerprint density at radius 2 is 1.55 bits per heavy atom. The first kappa shape index (κ1) is 11.2. The van der Waals surface area contributed by atoms with E-state index in [1.54, 1.807) is 0 Å². The SMILES string of the molecule is CC(C)CO[Si](C)(C)C(C)C. The van der Waals surface area contributed by atoms with E-state index >= 15 is 0 Å². The molecule has 0 fully saturated rings. The van der Waals surface area contributed by atoms with Crippen LogP contribution in [0.15, 0.2) is 0 Å². The fourth-order valence-electron chi connectivity index (χ4n) is 0.548. The third kappa shape index (κ3) is 4.59. The van der Waals surface area contributed by atoms with Gasteiger partial charge in [-0.2, -0.15) is 0 Å². The molecule has 0 aromatic heterocycles. The first-order valence-electron chi connectivity index (χ1n) is 4.50. The van der Waals surface area contributed by atoms with Gasteiger partial charge in [-0.15, -0.1) is 0 Å². The molecular weight excluding hydrogens is 152 g/mol. The molecule has 0 radical (unpaired) electrons. The lowest BCUT2D eigenvalue weighted by Crippen LogP contribution is -2.35. The fraction of sp³-hybridized carbons (Fsp3) is 1.00. The van der Waals surface area contributed by atoms with Crippen LogP contribution >= 0.6 is 0 Å². The van der Waals surface area contributed by atoms with Gasteiger partial charge >= 0.3 is 0 Å². The molecule has 0 aliphatic rings. The van der Waals surface area contributed by atoms with Crippen LogP contribution in [0, 0.1) is 5.92 Å². The number of rotatable bonds is 4. The lowest BCUT2D eigenvalue weighted by atomic mass is 10.2. The molecule has 0 bridgehead atoms. The van der Waals surface area contributed by atoms with Gasteiger partial charge in [-0.25, -0.2) is 0 Å². The highest BCUT2D eigenvalue weighted by atomic mass is 28.4. The smallest absolute Gasteiger partial charge is 0.189 e. The first-order chi connectivity index (χ1) is 4.86. The molecule has 0 saturated carbocycles. The highest BCUT2D eigenvalue weighted by molar-refractivity contribution is 6.72. The van der Waals surface area contributed by atoms with E-state index in [4.69, 9.17) is 4.43 Å². The zero-order chi connectivity index (χ0) is 9.07. The molecule has 0 aromatic rings. The van der Waals surface area contributed by atoms with Crippen molar-refractivity contribution in [1.29, 1.82) is 0 Å². The zero-order valence-electron chi connectivity index (χ0n) is 8.77. The zero-order valence-corrected chi connectivity index (χ0v) is 9.77. The molecular formula is C9H22OSi. The highest BCUT2D eigenvalue weighted by Gasteiger charge is 2.26. The molecule has 68 valence electrons. The summed E-state index contributed by atoms with van der Waals surface area (Å²) in [6.07, 6.45) is 0. The monoisotopic (exact) mass is 174 g/mol. The molecule has 0 aromatic carbocycles. The van der Waals surface area contributed by atoms with Crippen molar-refractivity contribution in [3.8, 4) is 0 Å². The quantitative estimate of drug-likeness (QED) is 0.594. The standard InChI is InChI=1S/C9H22OSi/c1-8(2)7-10-11(5,6)9(3)4/h8-9H,7H2,1-6H3. The van der Waals surface area contributed by atoms with Crippen LogP contribution in [-0.4, -0.2) is 14.9 Å². The molecule has 0 rings (SSSR count). The molecule has 0 atom stereocenters. The van der Waals surface area contributed by atoms with E-state index in [0.717, 1.165) is 12.1 Å². The predicted molar refractivity (Wildman–Crippen MR) is 53.4 cm³/mol. The molecule has 0 N–H and O–H groups in total. The van der Waals surface area contributed by atoms with Gasteiger partial charge in [-0.1, -0.05) is 27.7 Å². The van der Waals surface area contributed by atoms with Crippen LogP contribution in [0.1, 0.15) is 27.7 Å². The van der Waals surface area contributed by atoms with Crippen LogP contribution in [0.2, 0.25) is 18.6 Å². The topological polar surface area (TPSA) is 9.23 Å². The minimum Gasteiger partial charge on any atom is -0.417 e. The van der Waals surface area contributed by atoms with Crippen molar-refractivity contribution in [3.63, 3.8) is 0 Å². The Morgan fingerprint density at radius 1 is 1.09 bits per heavy atom. The summed E-state index contributed by atoms with van der Waals surface area (Å²) >= 11 is 0. The molecule has 0 amide bonds. The average Bonchev–Trinajstić information content (AvgIpc) is 1.84. The van der Waals surface area contributed by atoms with Crippen molar-refractivity contribution in [1.82, 2.24) is 0 Å². The predicted octanol–water partition coefficient (Wildman–Crippen LogP) is 3.27. The summed E-state index contributed by atoms with van der Waals surface area (Å²) < 4.78 is 5.89. The van der Waals surface area contributed by atoms with Gasteiger partial charge in [0.25, 0.3) is 0 Å². The molecule has 0 aliphatic carbocycles. The van der Waals surface area contributed by atoms with E-state index in [1.165, 1.54) is 0 Å². The van der Waals surface area contributed by atoms with Gasteiger partial charge in [-0.05, 0) is 24.6 Å². The molecule has 0 saturated heterocycles. The Morgan fingerprint density at radius 3 is 1.82 bits per heavy atom. The molecule has 0 unspecified atom stereocenters. The summed E-state index contributed by atoms with van der Waals surface area (Å²) in [5, 5.41) is 0. The first-order valence-corrected chi connectivity index (χ1v) is 7.48. The maximum absolute atomic E-state index is 5.89. The molecule has 0 spiro atoms. The third-order valence-corrected chi connectivity index (χ3v) is 5.87. The number of hydrogen-bond acceptors (Lipinski definition) is 1. The molecule has 11 heavy (non-hydrogen) atoms. The molecule has 0 heterocycles. The van der Waals surface area contributed by atoms with Crippen LogP contribution in [0.25, 0.3) is 0 Å². The van der Waals surface area contributed by atoms with E-state index in [-0.39, 0.29) is 0 Å². The molecule has 0 aliphatic heterocycles. The minimum atomic E-state index is -1.34. The van der Waals surface area contributed by atoms with Crippen molar-refractivity contribution in [2.75, 3.05) is 6.61 Å². The normalized spacial score (nSPS) is 13.1. The third-order valence-electron chi connectivity index (χ3n) is 2.18. The minimum absolute atomic E-state index is 0.667. The van der Waals surface area contributed by atoms with Crippen LogP contribution in [-0.2, 0) is 4.43 Å². The van der Waals surface area contributed by atoms with Gasteiger partial charge in [0.05, 0.1) is 0 Å². The Bertz CT molecular complexity index is 108. The second-order valence-corrected chi connectivity index (χ2v) is 9.11. The summed E-state index contributed by atoms with van der Waals surface area (Å²) in [7, 11) is -1.34. The van der Waals surface area contributed by atoms with Crippen molar-refractivity contribution in [3.05, 3.63) is 0 Å². The summed E-state index contributed by atoms with van der Waals surface area (Å²) in [6.45, 7) is 14.4. The van der Waals surface area contributed by atoms with Crippen molar-refractivity contribution in [2.24, 2.45) is 5.92 Å². The average molecular weight is 174 g/mol. The van der Waals surface area contributed by atoms with E-state index in [2.05, 4.69) is 40.8 Å². The van der Waals surface area contributed by atoms with Gasteiger partial charge in [0.1, 0.15) is 0 Å². The summed E-state index contributed by atoms with van der Waals surface area (Å²) in [4.78, 5) is 0. The van der Waals surface area contributed by atoms with Gasteiger partial charge in [0, 0.05) is 6.61 Å². The van der Waals surface area contributed by atoms with Crippen LogP contribution < -0.4 is 0 Å². The second-order valence-electron chi connectivity index (χ2n) is 4.46. The van der Waals surface area contributed by atoms with Gasteiger partial charge < -0.3 is 4.43 Å². The van der Waals surface area contributed by atoms with Crippen LogP contribution in [0.4, 0.5) is 0 Å². The van der Waals surface area contributed by atoms with E-state index in [1.807, 2.05) is 0 Å². The van der Waals surface area contributed by atoms with Crippen LogP contribution in [0.3, 0.4) is 0 Å². The maximum Gasteiger partial charge on any atom is 0.189 e. The summed E-state index contributed by atoms with van der Waals surface area (Å²) in [6, 6.07) is 0. The Kier molecular flexibility index (Phi) is 4.33. The molecule has 1 nitrogen and oxygen atoms in total. The Hall–Kier alpha value is 0.177. The Labute approximate surface area is 72.3 Å². The fourth-order valence-corrected chi connectivity index (χ4v) is 1.64. The largest absolute Gasteiger partial charge is 0.417 e. The van der Waals surface area contributed by atoms with Gasteiger partial charge in [0.15, 0.2) is 8.32 Å². The van der Waals surface area contributed by atoms with Crippen molar-refractivity contribution >= 4 is 8.32 Å². The van der Waals surface area contributed by atoms with E-state index < -0.39 is 8.32 Å². The highest BCUT2D eigenvalue weighted by Crippen LogP contribution is 2.21. The van der Waals surface area contributed by atoms with E-state index in [9.17, 15) is 0 Å². The number of hydrogen-bond donors (Lipinski definition) is 0. The lowest BCUT2D eigenvalue weighted by molar-refractivity contribution is 0.256. The summed E-state index contributed by atoms with van der Waals surface area (Å²) in [5.74, 6) is 0.667. The van der Waals surface area contributed by atoms with Crippen molar-refractivity contribution < 1.29 is 4.43 Å².